The molecule has 2 aliphatic rings. The summed E-state index contributed by atoms with van der Waals surface area (Å²) in [5.41, 5.74) is 3.67. The molecule has 20 heavy (non-hydrogen) atoms. The van der Waals surface area contributed by atoms with Crippen LogP contribution in [0.5, 0.6) is 0 Å². The molecule has 0 heterocycles. The number of hydrogen-bond donors (Lipinski definition) is 1. The van der Waals surface area contributed by atoms with Gasteiger partial charge in [-0.15, -0.1) is 0 Å². The maximum Gasteiger partial charge on any atom is 0.336 e. The van der Waals surface area contributed by atoms with Crippen molar-refractivity contribution in [1.29, 1.82) is 0 Å². The second kappa shape index (κ2) is 5.10. The van der Waals surface area contributed by atoms with E-state index in [1.54, 1.807) is 0 Å². The van der Waals surface area contributed by atoms with Crippen LogP contribution in [0.1, 0.15) is 10.4 Å². The lowest BCUT2D eigenvalue weighted by Gasteiger charge is -2.04. The number of carbonyl (C=O) groups is 1. The van der Waals surface area contributed by atoms with Gasteiger partial charge in [-0.2, -0.15) is 0 Å². The van der Waals surface area contributed by atoms with Gasteiger partial charge in [-0.3, -0.25) is 0 Å². The summed E-state index contributed by atoms with van der Waals surface area (Å²) in [5, 5.41) is 9.57. The zero-order valence-electron chi connectivity index (χ0n) is 10.5. The quantitative estimate of drug-likeness (QED) is 0.725. The summed E-state index contributed by atoms with van der Waals surface area (Å²) in [7, 11) is 0. The minimum atomic E-state index is -0.906. The monoisotopic (exact) mass is 326 g/mol. The smallest absolute Gasteiger partial charge is 0.336 e. The number of carboxylic acids is 1. The molecule has 0 fully saturated rings. The highest BCUT2D eigenvalue weighted by Gasteiger charge is 2.22. The number of aromatic carboxylic acids is 1. The number of halogens is 1. The Morgan fingerprint density at radius 3 is 2.25 bits per heavy atom. The molecule has 3 heteroatoms. The first-order chi connectivity index (χ1) is 9.68. The van der Waals surface area contributed by atoms with Gasteiger partial charge in [-0.05, 0) is 34.4 Å². The molecule has 2 nitrogen and oxygen atoms in total. The van der Waals surface area contributed by atoms with Gasteiger partial charge in [0.05, 0.1) is 5.56 Å². The minimum absolute atomic E-state index is 0.350. The third-order valence-electron chi connectivity index (χ3n) is 3.29. The molecule has 0 unspecified atom stereocenters. The third kappa shape index (κ3) is 2.10. The van der Waals surface area contributed by atoms with Crippen molar-refractivity contribution < 1.29 is 9.90 Å². The van der Waals surface area contributed by atoms with E-state index in [-0.39, 0.29) is 0 Å². The first-order valence-electron chi connectivity index (χ1n) is 6.18. The van der Waals surface area contributed by atoms with Crippen LogP contribution >= 0.6 is 15.9 Å². The summed E-state index contributed by atoms with van der Waals surface area (Å²) in [6, 6.07) is 19.0. The van der Waals surface area contributed by atoms with Gasteiger partial charge in [0.1, 0.15) is 0 Å². The summed E-state index contributed by atoms with van der Waals surface area (Å²) in [5.74, 6) is -0.906. The number of benzene rings is 1. The first-order valence-corrected chi connectivity index (χ1v) is 6.98. The SMILES string of the molecule is O=C(O)c1c2cccccc-2cc1-c1ccccc1Br. The van der Waals surface area contributed by atoms with Crippen molar-refractivity contribution in [2.24, 2.45) is 0 Å². The molecule has 0 amide bonds. The van der Waals surface area contributed by atoms with Crippen molar-refractivity contribution in [2.75, 3.05) is 0 Å². The van der Waals surface area contributed by atoms with Crippen molar-refractivity contribution in [3.63, 3.8) is 0 Å². The number of hydrogen-bond acceptors (Lipinski definition) is 1. The van der Waals surface area contributed by atoms with Crippen LogP contribution in [-0.4, -0.2) is 11.1 Å². The molecule has 0 saturated heterocycles. The van der Waals surface area contributed by atoms with Gasteiger partial charge in [0.15, 0.2) is 0 Å². The van der Waals surface area contributed by atoms with Crippen LogP contribution in [0.25, 0.3) is 22.3 Å². The minimum Gasteiger partial charge on any atom is -0.478 e. The standard InChI is InChI=1S/C17H11BrO2/c18-15-9-5-4-8-13(15)14-10-11-6-2-1-3-7-12(11)16(14)17(19)20/h1-10H,(H,19,20). The lowest BCUT2D eigenvalue weighted by atomic mass is 10.0. The molecular weight excluding hydrogens is 316 g/mol. The molecule has 1 aromatic rings. The normalized spacial score (nSPS) is 10.7. The topological polar surface area (TPSA) is 37.3 Å². The Bertz CT molecular complexity index is 765. The Labute approximate surface area is 125 Å². The van der Waals surface area contributed by atoms with Crippen LogP contribution in [0, 0.1) is 0 Å². The Morgan fingerprint density at radius 2 is 1.50 bits per heavy atom. The van der Waals surface area contributed by atoms with E-state index in [0.29, 0.717) is 5.56 Å². The van der Waals surface area contributed by atoms with Crippen molar-refractivity contribution in [2.45, 2.75) is 0 Å². The van der Waals surface area contributed by atoms with E-state index < -0.39 is 5.97 Å². The average molecular weight is 327 g/mol. The molecule has 0 radical (unpaired) electrons. The highest BCUT2D eigenvalue weighted by molar-refractivity contribution is 9.10. The Morgan fingerprint density at radius 1 is 0.850 bits per heavy atom. The molecule has 0 spiro atoms. The molecular formula is C17H11BrO2. The van der Waals surface area contributed by atoms with Crippen LogP contribution in [0.3, 0.4) is 0 Å². The van der Waals surface area contributed by atoms with Gasteiger partial charge in [0.25, 0.3) is 0 Å². The maximum absolute atomic E-state index is 11.7. The predicted molar refractivity (Wildman–Crippen MR) is 83.2 cm³/mol. The Balaban J connectivity index is 2.37. The second-order valence-electron chi connectivity index (χ2n) is 4.50. The molecule has 1 N–H and O–H groups in total. The van der Waals surface area contributed by atoms with E-state index in [1.165, 1.54) is 0 Å². The van der Waals surface area contributed by atoms with E-state index >= 15 is 0 Å². The second-order valence-corrected chi connectivity index (χ2v) is 5.35. The van der Waals surface area contributed by atoms with Gasteiger partial charge >= 0.3 is 5.97 Å². The Kier molecular flexibility index (Phi) is 3.28. The summed E-state index contributed by atoms with van der Waals surface area (Å²) < 4.78 is 0.891. The fourth-order valence-corrected chi connectivity index (χ4v) is 2.91. The summed E-state index contributed by atoms with van der Waals surface area (Å²) in [6.07, 6.45) is 0. The zero-order valence-corrected chi connectivity index (χ0v) is 12.1. The van der Waals surface area contributed by atoms with Crippen molar-refractivity contribution in [1.82, 2.24) is 0 Å². The van der Waals surface area contributed by atoms with Crippen molar-refractivity contribution in [3.8, 4) is 22.3 Å². The fraction of sp³-hybridized carbons (Fsp3) is 0. The highest BCUT2D eigenvalue weighted by atomic mass is 79.9. The number of fused-ring (bicyclic) bond motifs is 1. The molecule has 0 bridgehead atoms. The third-order valence-corrected chi connectivity index (χ3v) is 3.98. The molecule has 1 aromatic carbocycles. The van der Waals surface area contributed by atoms with Gasteiger partial charge < -0.3 is 5.11 Å². The lowest BCUT2D eigenvalue weighted by Crippen LogP contribution is -1.98. The molecule has 0 saturated carbocycles. The van der Waals surface area contributed by atoms with Gasteiger partial charge in [-0.1, -0.05) is 64.5 Å². The number of rotatable bonds is 2. The summed E-state index contributed by atoms with van der Waals surface area (Å²) in [4.78, 5) is 11.7. The molecule has 0 aliphatic heterocycles. The van der Waals surface area contributed by atoms with Crippen molar-refractivity contribution >= 4 is 21.9 Å². The maximum atomic E-state index is 11.7. The van der Waals surface area contributed by atoms with Crippen LogP contribution in [0.4, 0.5) is 0 Å². The Hall–Kier alpha value is -2.13. The predicted octanol–water partition coefficient (Wildman–Crippen LogP) is 4.92. The van der Waals surface area contributed by atoms with Crippen molar-refractivity contribution in [3.05, 3.63) is 70.7 Å². The molecule has 98 valence electrons. The fourth-order valence-electron chi connectivity index (χ4n) is 2.41. The van der Waals surface area contributed by atoms with Gasteiger partial charge in [0, 0.05) is 4.47 Å². The van der Waals surface area contributed by atoms with E-state index in [0.717, 1.165) is 26.7 Å². The van der Waals surface area contributed by atoms with E-state index in [9.17, 15) is 9.90 Å². The average Bonchev–Trinajstić information content (AvgIpc) is 2.63. The largest absolute Gasteiger partial charge is 0.478 e. The van der Waals surface area contributed by atoms with E-state index in [1.807, 2.05) is 60.7 Å². The van der Waals surface area contributed by atoms with Crippen LogP contribution in [-0.2, 0) is 0 Å². The lowest BCUT2D eigenvalue weighted by molar-refractivity contribution is 0.0699. The number of carboxylic acid groups (broad SMARTS) is 1. The summed E-state index contributed by atoms with van der Waals surface area (Å²) >= 11 is 3.49. The highest BCUT2D eigenvalue weighted by Crippen LogP contribution is 2.39. The van der Waals surface area contributed by atoms with Gasteiger partial charge in [0.2, 0.25) is 0 Å². The van der Waals surface area contributed by atoms with Crippen LogP contribution < -0.4 is 0 Å². The molecule has 0 aromatic heterocycles. The first kappa shape index (κ1) is 12.9. The zero-order chi connectivity index (χ0) is 14.1. The van der Waals surface area contributed by atoms with Gasteiger partial charge in [-0.25, -0.2) is 4.79 Å². The van der Waals surface area contributed by atoms with E-state index in [4.69, 9.17) is 0 Å². The van der Waals surface area contributed by atoms with Crippen LogP contribution in [0.2, 0.25) is 0 Å². The summed E-state index contributed by atoms with van der Waals surface area (Å²) in [6.45, 7) is 0. The van der Waals surface area contributed by atoms with E-state index in [2.05, 4.69) is 15.9 Å². The molecule has 2 aliphatic carbocycles. The molecule has 3 rings (SSSR count). The molecule has 0 atom stereocenters. The van der Waals surface area contributed by atoms with Crippen LogP contribution in [0.15, 0.2) is 65.1 Å².